The largest absolute Gasteiger partial charge is 0.370 e. The van der Waals surface area contributed by atoms with Gasteiger partial charge in [-0.3, -0.25) is 4.79 Å². The number of hydrazine groups is 1. The highest BCUT2D eigenvalue weighted by atomic mass is 32.2. The van der Waals surface area contributed by atoms with Crippen LogP contribution in [0.2, 0.25) is 0 Å². The van der Waals surface area contributed by atoms with Gasteiger partial charge in [0.1, 0.15) is 0 Å². The van der Waals surface area contributed by atoms with E-state index in [1.165, 1.54) is 12.1 Å². The second-order valence-electron chi connectivity index (χ2n) is 4.96. The summed E-state index contributed by atoms with van der Waals surface area (Å²) in [7, 11) is -3.87. The number of carbonyl (C=O) groups is 1. The summed E-state index contributed by atoms with van der Waals surface area (Å²) >= 11 is 1.64. The summed E-state index contributed by atoms with van der Waals surface area (Å²) in [5.41, 5.74) is 8.69. The molecule has 0 spiro atoms. The van der Waals surface area contributed by atoms with E-state index in [0.29, 0.717) is 12.2 Å². The minimum atomic E-state index is -3.87. The van der Waals surface area contributed by atoms with Gasteiger partial charge in [0.15, 0.2) is 12.0 Å². The van der Waals surface area contributed by atoms with Gasteiger partial charge >= 0.3 is 0 Å². The van der Waals surface area contributed by atoms with Crippen molar-refractivity contribution in [1.82, 2.24) is 10.3 Å². The lowest BCUT2D eigenvalue weighted by atomic mass is 10.1. The van der Waals surface area contributed by atoms with Gasteiger partial charge in [0.05, 0.1) is 10.9 Å². The number of nitrogens with two attached hydrogens (primary N) is 1. The number of thioether (sulfide) groups is 1. The summed E-state index contributed by atoms with van der Waals surface area (Å²) in [6.07, 6.45) is -1.28. The van der Waals surface area contributed by atoms with Crippen molar-refractivity contribution in [3.8, 4) is 0 Å². The maximum atomic E-state index is 12.0. The fourth-order valence-corrected chi connectivity index (χ4v) is 3.27. The predicted molar refractivity (Wildman–Crippen MR) is 91.2 cm³/mol. The molecule has 0 heterocycles. The standard InChI is InChI=1S/C14H23N3O4S2/c1-3-22-9-8-12(15)13(18)14(19)16-17-23(20,21)11-6-4-10(2)5-7-11/h4-7,12,14,16-17,19H,3,8-9,15H2,1-2H3/t12-,14?/m1/s1. The molecule has 0 aromatic heterocycles. The first kappa shape index (κ1) is 20.1. The molecule has 0 bridgehead atoms. The Morgan fingerprint density at radius 2 is 1.96 bits per heavy atom. The van der Waals surface area contributed by atoms with Crippen molar-refractivity contribution in [3.63, 3.8) is 0 Å². The minimum absolute atomic E-state index is 0.0268. The van der Waals surface area contributed by atoms with Gasteiger partial charge in [-0.15, -0.1) is 4.83 Å². The molecular weight excluding hydrogens is 338 g/mol. The zero-order chi connectivity index (χ0) is 17.5. The van der Waals surface area contributed by atoms with E-state index in [4.69, 9.17) is 5.73 Å². The molecule has 0 fully saturated rings. The van der Waals surface area contributed by atoms with Gasteiger partial charge in [-0.25, -0.2) is 13.8 Å². The van der Waals surface area contributed by atoms with Crippen LogP contribution in [0, 0.1) is 6.92 Å². The number of aryl methyl sites for hydroxylation is 1. The van der Waals surface area contributed by atoms with Gasteiger partial charge in [0.2, 0.25) is 0 Å². The molecule has 0 aliphatic heterocycles. The average Bonchev–Trinajstić information content (AvgIpc) is 2.52. The fourth-order valence-electron chi connectivity index (χ4n) is 1.68. The Morgan fingerprint density at radius 1 is 1.35 bits per heavy atom. The van der Waals surface area contributed by atoms with Crippen LogP contribution in [0.5, 0.6) is 0 Å². The highest BCUT2D eigenvalue weighted by Crippen LogP contribution is 2.09. The van der Waals surface area contributed by atoms with Crippen LogP contribution >= 0.6 is 11.8 Å². The van der Waals surface area contributed by atoms with Gasteiger partial charge in [-0.2, -0.15) is 11.8 Å². The molecule has 0 radical (unpaired) electrons. The predicted octanol–water partition coefficient (Wildman–Crippen LogP) is 0.136. The van der Waals surface area contributed by atoms with Gasteiger partial charge in [0, 0.05) is 0 Å². The van der Waals surface area contributed by atoms with Crippen LogP contribution in [0.4, 0.5) is 0 Å². The average molecular weight is 361 g/mol. The molecule has 0 saturated heterocycles. The summed E-state index contributed by atoms with van der Waals surface area (Å²) in [6, 6.07) is 5.32. The van der Waals surface area contributed by atoms with Crippen molar-refractivity contribution in [2.75, 3.05) is 11.5 Å². The number of nitrogens with one attached hydrogen (secondary N) is 2. The van der Waals surface area contributed by atoms with E-state index in [1.54, 1.807) is 23.9 Å². The van der Waals surface area contributed by atoms with Gasteiger partial charge < -0.3 is 10.8 Å². The molecule has 7 nitrogen and oxygen atoms in total. The molecule has 9 heteroatoms. The molecule has 0 amide bonds. The number of rotatable bonds is 10. The molecule has 0 saturated carbocycles. The summed E-state index contributed by atoms with van der Waals surface area (Å²) in [5, 5.41) is 9.72. The number of carbonyl (C=O) groups excluding carboxylic acids is 1. The summed E-state index contributed by atoms with van der Waals surface area (Å²) in [6.45, 7) is 3.83. The lowest BCUT2D eigenvalue weighted by Crippen LogP contribution is -2.52. The number of ketones is 1. The van der Waals surface area contributed by atoms with Crippen molar-refractivity contribution in [1.29, 1.82) is 0 Å². The summed E-state index contributed by atoms with van der Waals surface area (Å²) in [5.74, 6) is 0.955. The zero-order valence-electron chi connectivity index (χ0n) is 13.2. The fraction of sp³-hybridized carbons (Fsp3) is 0.500. The van der Waals surface area contributed by atoms with E-state index in [1.807, 2.05) is 18.7 Å². The van der Waals surface area contributed by atoms with E-state index in [-0.39, 0.29) is 4.90 Å². The number of aliphatic hydroxyl groups is 1. The van der Waals surface area contributed by atoms with Crippen LogP contribution in [-0.4, -0.2) is 43.1 Å². The highest BCUT2D eigenvalue weighted by molar-refractivity contribution is 7.99. The first-order chi connectivity index (χ1) is 10.8. The normalized spacial score (nSPS) is 14.4. The molecule has 0 aliphatic carbocycles. The maximum absolute atomic E-state index is 12.0. The van der Waals surface area contributed by atoms with Crippen molar-refractivity contribution in [2.45, 2.75) is 37.4 Å². The number of Topliss-reactive ketones (excluding diaryl/α,β-unsaturated/α-hetero) is 1. The second-order valence-corrected chi connectivity index (χ2v) is 8.04. The third-order valence-corrected chi connectivity index (χ3v) is 5.29. The van der Waals surface area contributed by atoms with Crippen LogP contribution < -0.4 is 16.0 Å². The Kier molecular flexibility index (Phi) is 8.17. The van der Waals surface area contributed by atoms with Crippen LogP contribution in [0.3, 0.4) is 0 Å². The first-order valence-corrected chi connectivity index (χ1v) is 9.81. The molecule has 130 valence electrons. The lowest BCUT2D eigenvalue weighted by Gasteiger charge is -2.17. The van der Waals surface area contributed by atoms with Gasteiger partial charge in [-0.1, -0.05) is 24.6 Å². The van der Waals surface area contributed by atoms with Crippen molar-refractivity contribution >= 4 is 27.6 Å². The smallest absolute Gasteiger partial charge is 0.253 e. The van der Waals surface area contributed by atoms with E-state index in [9.17, 15) is 18.3 Å². The van der Waals surface area contributed by atoms with Crippen LogP contribution in [-0.2, 0) is 14.8 Å². The Morgan fingerprint density at radius 3 is 2.52 bits per heavy atom. The van der Waals surface area contributed by atoms with Crippen LogP contribution in [0.15, 0.2) is 29.2 Å². The Labute approximate surface area is 141 Å². The molecule has 1 aromatic rings. The van der Waals surface area contributed by atoms with Crippen LogP contribution in [0.1, 0.15) is 18.9 Å². The molecule has 2 atom stereocenters. The van der Waals surface area contributed by atoms with Gasteiger partial charge in [0.25, 0.3) is 10.0 Å². The lowest BCUT2D eigenvalue weighted by molar-refractivity contribution is -0.130. The van der Waals surface area contributed by atoms with Crippen molar-refractivity contribution < 1.29 is 18.3 Å². The summed E-state index contributed by atoms with van der Waals surface area (Å²) in [4.78, 5) is 13.9. The van der Waals surface area contributed by atoms with Crippen molar-refractivity contribution in [3.05, 3.63) is 29.8 Å². The second kappa shape index (κ2) is 9.36. The quantitative estimate of drug-likeness (QED) is 0.266. The van der Waals surface area contributed by atoms with E-state index >= 15 is 0 Å². The maximum Gasteiger partial charge on any atom is 0.253 e. The zero-order valence-corrected chi connectivity index (χ0v) is 14.8. The molecular formula is C14H23N3O4S2. The van der Waals surface area contributed by atoms with Crippen LogP contribution in [0.25, 0.3) is 0 Å². The number of benzene rings is 1. The van der Waals surface area contributed by atoms with E-state index < -0.39 is 28.1 Å². The minimum Gasteiger partial charge on any atom is -0.370 e. The van der Waals surface area contributed by atoms with Crippen molar-refractivity contribution in [2.24, 2.45) is 5.73 Å². The number of sulfonamides is 1. The van der Waals surface area contributed by atoms with E-state index in [0.717, 1.165) is 11.3 Å². The molecule has 23 heavy (non-hydrogen) atoms. The molecule has 1 unspecified atom stereocenters. The molecule has 1 aromatic carbocycles. The first-order valence-electron chi connectivity index (χ1n) is 7.17. The number of aliphatic hydroxyl groups excluding tert-OH is 1. The highest BCUT2D eigenvalue weighted by Gasteiger charge is 2.23. The third-order valence-electron chi connectivity index (χ3n) is 3.07. The summed E-state index contributed by atoms with van der Waals surface area (Å²) < 4.78 is 24.0. The topological polar surface area (TPSA) is 122 Å². The molecule has 0 aliphatic rings. The Balaban J connectivity index is 2.55. The SMILES string of the molecule is CCSCC[C@@H](N)C(=O)C(O)NNS(=O)(=O)c1ccc(C)cc1. The Hall–Kier alpha value is -0.970. The number of hydrogen-bond acceptors (Lipinski definition) is 7. The Bertz CT molecular complexity index is 605. The number of hydrogen-bond donors (Lipinski definition) is 4. The third kappa shape index (κ3) is 6.58. The monoisotopic (exact) mass is 361 g/mol. The van der Waals surface area contributed by atoms with Gasteiger partial charge in [-0.05, 0) is 37.0 Å². The van der Waals surface area contributed by atoms with E-state index in [2.05, 4.69) is 5.43 Å². The molecule has 5 N–H and O–H groups in total. The molecule has 1 rings (SSSR count).